The summed E-state index contributed by atoms with van der Waals surface area (Å²) >= 11 is 0. The van der Waals surface area contributed by atoms with Crippen LogP contribution in [-0.4, -0.2) is 29.1 Å². The van der Waals surface area contributed by atoms with Gasteiger partial charge in [-0.25, -0.2) is 0 Å². The molecule has 114 valence electrons. The van der Waals surface area contributed by atoms with Crippen molar-refractivity contribution < 1.29 is 8.63 Å². The largest absolute Gasteiger partial charge is 0.677 e. The quantitative estimate of drug-likeness (QED) is 0.511. The average molecular weight is 301 g/mol. The molecule has 1 N–H and O–H groups in total. The fraction of sp³-hybridized carbons (Fsp3) is 0.312. The predicted molar refractivity (Wildman–Crippen MR) is 86.9 cm³/mol. The molecule has 0 radical (unpaired) electrons. The standard InChI is InChI=1S/C16H18BF2N3/c1-6-7-20-15(14-10(2)8-12(4)21-14)16-11(3)9-13(5)22(16)17(18)19/h1,8-9,21H,7H2,2-5H3. The van der Waals surface area contributed by atoms with Gasteiger partial charge in [0.15, 0.2) is 0 Å². The van der Waals surface area contributed by atoms with Crippen molar-refractivity contribution in [3.8, 4) is 12.3 Å². The van der Waals surface area contributed by atoms with Gasteiger partial charge in [-0.2, -0.15) is 0 Å². The number of nitrogens with one attached hydrogen (secondary N) is 1. The number of H-pyrrole nitrogens is 1. The summed E-state index contributed by atoms with van der Waals surface area (Å²) < 4.78 is 27.9. The maximum Gasteiger partial charge on any atom is 0.677 e. The Bertz CT molecular complexity index is 763. The van der Waals surface area contributed by atoms with Crippen LogP contribution in [0.25, 0.3) is 0 Å². The Morgan fingerprint density at radius 3 is 2.45 bits per heavy atom. The Labute approximate surface area is 129 Å². The number of hydrogen-bond donors (Lipinski definition) is 1. The molecule has 6 heteroatoms. The molecule has 0 aliphatic rings. The first kappa shape index (κ1) is 16.1. The van der Waals surface area contributed by atoms with Crippen LogP contribution in [0.15, 0.2) is 17.1 Å². The molecule has 0 amide bonds. The first-order valence-corrected chi connectivity index (χ1v) is 6.98. The molecule has 2 aromatic rings. The number of aliphatic imine (C=N–C) groups is 1. The van der Waals surface area contributed by atoms with Gasteiger partial charge in [-0.15, -0.1) is 6.42 Å². The molecule has 0 bridgehead atoms. The van der Waals surface area contributed by atoms with E-state index in [1.165, 1.54) is 0 Å². The van der Waals surface area contributed by atoms with Crippen molar-refractivity contribution in [3.63, 3.8) is 0 Å². The van der Waals surface area contributed by atoms with Crippen molar-refractivity contribution in [2.75, 3.05) is 6.54 Å². The summed E-state index contributed by atoms with van der Waals surface area (Å²) in [5, 5.41) is 0. The van der Waals surface area contributed by atoms with E-state index in [1.54, 1.807) is 19.9 Å². The normalized spacial score (nSPS) is 11.6. The Morgan fingerprint density at radius 2 is 1.95 bits per heavy atom. The highest BCUT2D eigenvalue weighted by atomic mass is 19.2. The van der Waals surface area contributed by atoms with Gasteiger partial charge in [-0.1, -0.05) is 5.92 Å². The van der Waals surface area contributed by atoms with E-state index >= 15 is 0 Å². The van der Waals surface area contributed by atoms with E-state index in [-0.39, 0.29) is 6.54 Å². The third kappa shape index (κ3) is 2.84. The van der Waals surface area contributed by atoms with Crippen molar-refractivity contribution >= 4 is 13.1 Å². The van der Waals surface area contributed by atoms with Gasteiger partial charge >= 0.3 is 7.40 Å². The second-order valence-electron chi connectivity index (χ2n) is 5.34. The number of rotatable bonds is 4. The second-order valence-corrected chi connectivity index (χ2v) is 5.34. The van der Waals surface area contributed by atoms with Crippen LogP contribution in [-0.2, 0) is 0 Å². The van der Waals surface area contributed by atoms with Gasteiger partial charge in [-0.05, 0) is 51.0 Å². The Kier molecular flexibility index (Phi) is 4.55. The van der Waals surface area contributed by atoms with Crippen LogP contribution in [0.3, 0.4) is 0 Å². The molecule has 0 unspecified atom stereocenters. The molecule has 0 saturated heterocycles. The summed E-state index contributed by atoms with van der Waals surface area (Å²) in [4.78, 5) is 7.57. The highest BCUT2D eigenvalue weighted by Gasteiger charge is 2.28. The van der Waals surface area contributed by atoms with Gasteiger partial charge in [0, 0.05) is 11.4 Å². The summed E-state index contributed by atoms with van der Waals surface area (Å²) in [6, 6.07) is 3.69. The molecule has 2 rings (SSSR count). The number of aromatic nitrogens is 2. The first-order chi connectivity index (χ1) is 10.4. The van der Waals surface area contributed by atoms with Crippen LogP contribution in [0.2, 0.25) is 0 Å². The van der Waals surface area contributed by atoms with Gasteiger partial charge < -0.3 is 9.46 Å². The van der Waals surface area contributed by atoms with E-state index in [4.69, 9.17) is 6.42 Å². The van der Waals surface area contributed by atoms with Crippen molar-refractivity contribution in [1.82, 2.24) is 9.46 Å². The van der Waals surface area contributed by atoms with Crippen molar-refractivity contribution in [2.45, 2.75) is 27.7 Å². The fourth-order valence-electron chi connectivity index (χ4n) is 2.74. The number of aromatic amines is 1. The second kappa shape index (κ2) is 6.23. The minimum absolute atomic E-state index is 0.139. The lowest BCUT2D eigenvalue weighted by Gasteiger charge is -2.12. The SMILES string of the molecule is C#CCN=C(c1[nH]c(C)cc1C)c1c(C)cc(C)n1B(F)F. The van der Waals surface area contributed by atoms with E-state index in [9.17, 15) is 8.63 Å². The average Bonchev–Trinajstić information content (AvgIpc) is 2.90. The zero-order chi connectivity index (χ0) is 16.4. The lowest BCUT2D eigenvalue weighted by atomic mass is 10.1. The third-order valence-electron chi connectivity index (χ3n) is 3.55. The molecule has 0 atom stereocenters. The number of aryl methyl sites for hydroxylation is 4. The molecule has 0 aromatic carbocycles. The zero-order valence-electron chi connectivity index (χ0n) is 13.2. The summed E-state index contributed by atoms with van der Waals surface area (Å²) in [7, 11) is -2.63. The molecule has 3 nitrogen and oxygen atoms in total. The van der Waals surface area contributed by atoms with E-state index in [0.717, 1.165) is 27.0 Å². The van der Waals surface area contributed by atoms with Crippen LogP contribution in [0.4, 0.5) is 8.63 Å². The fourth-order valence-corrected chi connectivity index (χ4v) is 2.74. The Hall–Kier alpha value is -2.29. The van der Waals surface area contributed by atoms with Gasteiger partial charge in [0.05, 0.1) is 11.4 Å². The molecule has 0 saturated carbocycles. The minimum Gasteiger partial charge on any atom is -0.357 e. The van der Waals surface area contributed by atoms with Gasteiger partial charge in [0.1, 0.15) is 12.3 Å². The van der Waals surface area contributed by atoms with Crippen LogP contribution in [0, 0.1) is 40.0 Å². The van der Waals surface area contributed by atoms with Gasteiger partial charge in [-0.3, -0.25) is 13.6 Å². The molecule has 0 fully saturated rings. The number of halogens is 2. The number of terminal acetylenes is 1. The molecule has 0 aliphatic heterocycles. The van der Waals surface area contributed by atoms with Gasteiger partial charge in [0.25, 0.3) is 0 Å². The molecular weight excluding hydrogens is 283 g/mol. The van der Waals surface area contributed by atoms with Crippen molar-refractivity contribution in [2.24, 2.45) is 4.99 Å². The van der Waals surface area contributed by atoms with Crippen LogP contribution >= 0.6 is 0 Å². The molecule has 2 aromatic heterocycles. The summed E-state index contributed by atoms with van der Waals surface area (Å²) in [6.45, 7) is 7.44. The molecular formula is C16H18BF2N3. The van der Waals surface area contributed by atoms with Crippen molar-refractivity contribution in [3.05, 3.63) is 46.0 Å². The monoisotopic (exact) mass is 301 g/mol. The minimum atomic E-state index is -2.63. The lowest BCUT2D eigenvalue weighted by Crippen LogP contribution is -2.23. The van der Waals surface area contributed by atoms with E-state index in [2.05, 4.69) is 15.9 Å². The smallest absolute Gasteiger partial charge is 0.357 e. The van der Waals surface area contributed by atoms with E-state index in [0.29, 0.717) is 17.1 Å². The summed E-state index contributed by atoms with van der Waals surface area (Å²) in [5.41, 5.74) is 4.77. The number of hydrogen-bond acceptors (Lipinski definition) is 1. The maximum atomic E-state index is 13.5. The lowest BCUT2D eigenvalue weighted by molar-refractivity contribution is 0.624. The van der Waals surface area contributed by atoms with Gasteiger partial charge in [0.2, 0.25) is 0 Å². The molecule has 22 heavy (non-hydrogen) atoms. The highest BCUT2D eigenvalue weighted by molar-refractivity contribution is 6.42. The molecule has 0 aliphatic carbocycles. The van der Waals surface area contributed by atoms with E-state index in [1.807, 2.05) is 19.9 Å². The zero-order valence-corrected chi connectivity index (χ0v) is 13.2. The third-order valence-corrected chi connectivity index (χ3v) is 3.55. The van der Waals surface area contributed by atoms with Crippen LogP contribution < -0.4 is 0 Å². The maximum absolute atomic E-state index is 13.5. The highest BCUT2D eigenvalue weighted by Crippen LogP contribution is 2.23. The summed E-state index contributed by atoms with van der Waals surface area (Å²) in [6.07, 6.45) is 5.30. The predicted octanol–water partition coefficient (Wildman–Crippen LogP) is 3.29. The molecule has 0 spiro atoms. The summed E-state index contributed by atoms with van der Waals surface area (Å²) in [5.74, 6) is 2.44. The number of nitrogens with zero attached hydrogens (tertiary/aromatic N) is 2. The first-order valence-electron chi connectivity index (χ1n) is 6.98. The topological polar surface area (TPSA) is 33.1 Å². The van der Waals surface area contributed by atoms with Crippen LogP contribution in [0.5, 0.6) is 0 Å². The van der Waals surface area contributed by atoms with E-state index < -0.39 is 7.40 Å². The Balaban J connectivity index is 2.72. The molecule has 2 heterocycles. The van der Waals surface area contributed by atoms with Crippen molar-refractivity contribution in [1.29, 1.82) is 0 Å². The van der Waals surface area contributed by atoms with Crippen LogP contribution in [0.1, 0.15) is 33.9 Å². The Morgan fingerprint density at radius 1 is 1.27 bits per heavy atom.